The number of aliphatic hydroxyl groups excluding tert-OH is 1. The molecule has 0 spiro atoms. The summed E-state index contributed by atoms with van der Waals surface area (Å²) < 4.78 is 4.59. The maximum absolute atomic E-state index is 10.6. The first kappa shape index (κ1) is 10.7. The Morgan fingerprint density at radius 1 is 1.55 bits per heavy atom. The number of hydrogen-bond acceptors (Lipinski definition) is 4. The van der Waals surface area contributed by atoms with Crippen LogP contribution in [-0.2, 0) is 6.61 Å². The molecule has 11 heavy (non-hydrogen) atoms. The van der Waals surface area contributed by atoms with Crippen molar-refractivity contribution < 1.29 is 14.6 Å². The van der Waals surface area contributed by atoms with Crippen LogP contribution in [-0.4, -0.2) is 39.8 Å². The molecule has 0 aliphatic rings. The third kappa shape index (κ3) is 2.67. The number of aliphatic hydroxyl groups is 1. The Labute approximate surface area is 84.8 Å². The molecule has 0 bridgehead atoms. The molecule has 0 aromatic carbocycles. The second kappa shape index (κ2) is 4.56. The van der Waals surface area contributed by atoms with Crippen molar-refractivity contribution in [2.24, 2.45) is 0 Å². The molecule has 0 fully saturated rings. The van der Waals surface area contributed by atoms with Gasteiger partial charge in [-0.15, -0.1) is 0 Å². The van der Waals surface area contributed by atoms with E-state index < -0.39 is 11.2 Å². The monoisotopic (exact) mass is 166 g/mol. The van der Waals surface area contributed by atoms with E-state index >= 15 is 0 Å². The molecule has 0 saturated carbocycles. The van der Waals surface area contributed by atoms with Crippen LogP contribution in [0.2, 0.25) is 0 Å². The summed E-state index contributed by atoms with van der Waals surface area (Å²) in [6.45, 7) is -0.338. The van der Waals surface area contributed by atoms with Gasteiger partial charge in [0.1, 0.15) is 18.6 Å². The van der Waals surface area contributed by atoms with E-state index in [1.807, 2.05) is 0 Å². The molecule has 0 atom stereocenters. The normalized spacial score (nSPS) is 8.82. The Morgan fingerprint density at radius 2 is 2.18 bits per heavy atom. The zero-order valence-corrected chi connectivity index (χ0v) is 5.07. The summed E-state index contributed by atoms with van der Waals surface area (Å²) in [5.41, 5.74) is -0.546. The van der Waals surface area contributed by atoms with Gasteiger partial charge in [0.05, 0.1) is 0 Å². The quantitative estimate of drug-likeness (QED) is 0.535. The first-order valence-electron chi connectivity index (χ1n) is 2.65. The molecule has 0 amide bonds. The number of rotatable bonds is 1. The first-order chi connectivity index (χ1) is 4.74. The van der Waals surface area contributed by atoms with Crippen LogP contribution in [0, 0.1) is 0 Å². The zero-order chi connectivity index (χ0) is 7.56. The maximum atomic E-state index is 10.6. The second-order valence-corrected chi connectivity index (χ2v) is 1.75. The summed E-state index contributed by atoms with van der Waals surface area (Å²) in [6, 6.07) is 1.04. The number of aromatic hydroxyl groups is 1. The van der Waals surface area contributed by atoms with Gasteiger partial charge in [-0.1, -0.05) is 0 Å². The fourth-order valence-electron chi connectivity index (χ4n) is 0.527. The van der Waals surface area contributed by atoms with E-state index in [9.17, 15) is 4.79 Å². The Bertz CT molecular complexity index is 280. The van der Waals surface area contributed by atoms with E-state index in [0.29, 0.717) is 0 Å². The van der Waals surface area contributed by atoms with Gasteiger partial charge in [0, 0.05) is 6.07 Å². The summed E-state index contributed by atoms with van der Waals surface area (Å²) in [7, 11) is 0. The molecule has 1 heterocycles. The van der Waals surface area contributed by atoms with Crippen molar-refractivity contribution in [3.63, 3.8) is 0 Å². The average molecular weight is 166 g/mol. The number of hydrogen-bond donors (Lipinski definition) is 2. The van der Waals surface area contributed by atoms with Crippen LogP contribution in [0.25, 0.3) is 0 Å². The van der Waals surface area contributed by atoms with Crippen LogP contribution in [0.4, 0.5) is 0 Å². The summed E-state index contributed by atoms with van der Waals surface area (Å²) in [5, 5.41) is 17.1. The van der Waals surface area contributed by atoms with Crippen molar-refractivity contribution in [3.05, 3.63) is 28.3 Å². The van der Waals surface area contributed by atoms with Crippen LogP contribution in [0.5, 0.6) is 5.75 Å². The molecule has 2 N–H and O–H groups in total. The first-order valence-corrected chi connectivity index (χ1v) is 2.65. The minimum absolute atomic E-state index is 0. The average Bonchev–Trinajstić information content (AvgIpc) is 1.95. The van der Waals surface area contributed by atoms with Crippen LogP contribution < -0.4 is 5.43 Å². The molecule has 0 aliphatic carbocycles. The van der Waals surface area contributed by atoms with Gasteiger partial charge >= 0.3 is 29.6 Å². The van der Waals surface area contributed by atoms with Gasteiger partial charge < -0.3 is 14.6 Å². The Balaban J connectivity index is 0.000001000. The van der Waals surface area contributed by atoms with Crippen molar-refractivity contribution in [3.8, 4) is 5.75 Å². The Morgan fingerprint density at radius 3 is 2.64 bits per heavy atom. The van der Waals surface area contributed by atoms with Crippen molar-refractivity contribution in [1.82, 2.24) is 0 Å². The van der Waals surface area contributed by atoms with Gasteiger partial charge in [0.15, 0.2) is 5.75 Å². The SMILES string of the molecule is O=c1cc(CO)occ1O.[NaH]. The van der Waals surface area contributed by atoms with Crippen molar-refractivity contribution in [2.45, 2.75) is 6.61 Å². The van der Waals surface area contributed by atoms with E-state index in [-0.39, 0.29) is 41.9 Å². The van der Waals surface area contributed by atoms with E-state index in [1.54, 1.807) is 0 Å². The van der Waals surface area contributed by atoms with Crippen molar-refractivity contribution >= 4 is 29.6 Å². The summed E-state index contributed by atoms with van der Waals surface area (Å²) >= 11 is 0. The molecular formula is C6H7NaO4. The fourth-order valence-corrected chi connectivity index (χ4v) is 0.527. The van der Waals surface area contributed by atoms with E-state index in [1.165, 1.54) is 0 Å². The van der Waals surface area contributed by atoms with E-state index in [0.717, 1.165) is 12.3 Å². The molecule has 0 aliphatic heterocycles. The third-order valence-electron chi connectivity index (χ3n) is 1.02. The molecule has 0 radical (unpaired) electrons. The van der Waals surface area contributed by atoms with Crippen LogP contribution >= 0.6 is 0 Å². The van der Waals surface area contributed by atoms with Crippen molar-refractivity contribution in [2.75, 3.05) is 0 Å². The third-order valence-corrected chi connectivity index (χ3v) is 1.02. The van der Waals surface area contributed by atoms with Gasteiger partial charge in [-0.25, -0.2) is 0 Å². The summed E-state index contributed by atoms with van der Waals surface area (Å²) in [4.78, 5) is 10.6. The van der Waals surface area contributed by atoms with Gasteiger partial charge in [-0.05, 0) is 0 Å². The van der Waals surface area contributed by atoms with Gasteiger partial charge in [-0.3, -0.25) is 4.79 Å². The predicted molar refractivity (Wildman–Crippen MR) is 39.7 cm³/mol. The zero-order valence-electron chi connectivity index (χ0n) is 5.07. The molecule has 1 aromatic heterocycles. The molecule has 0 unspecified atom stereocenters. The Hall–Kier alpha value is -0.290. The van der Waals surface area contributed by atoms with Crippen LogP contribution in [0.1, 0.15) is 5.76 Å². The van der Waals surface area contributed by atoms with E-state index in [4.69, 9.17) is 10.2 Å². The summed E-state index contributed by atoms with van der Waals surface area (Å²) in [5.74, 6) is -0.306. The van der Waals surface area contributed by atoms with Gasteiger partial charge in [0.25, 0.3) is 0 Å². The molecule has 0 saturated heterocycles. The van der Waals surface area contributed by atoms with Gasteiger partial charge in [-0.2, -0.15) is 0 Å². The van der Waals surface area contributed by atoms with Crippen molar-refractivity contribution in [1.29, 1.82) is 0 Å². The van der Waals surface area contributed by atoms with E-state index in [2.05, 4.69) is 4.42 Å². The van der Waals surface area contributed by atoms with Crippen LogP contribution in [0.3, 0.4) is 0 Å². The second-order valence-electron chi connectivity index (χ2n) is 1.75. The molecular weight excluding hydrogens is 159 g/mol. The predicted octanol–water partition coefficient (Wildman–Crippen LogP) is -0.811. The molecule has 4 nitrogen and oxygen atoms in total. The summed E-state index contributed by atoms with van der Waals surface area (Å²) in [6.07, 6.45) is 0.897. The van der Waals surface area contributed by atoms with Gasteiger partial charge in [0.2, 0.25) is 5.43 Å². The molecule has 1 aromatic rings. The molecule has 1 rings (SSSR count). The topological polar surface area (TPSA) is 70.7 Å². The van der Waals surface area contributed by atoms with Crippen LogP contribution in [0.15, 0.2) is 21.5 Å². The molecule has 5 heteroatoms. The standard InChI is InChI=1S/C6H6O4.Na.H/c7-2-4-1-5(8)6(9)3-10-4;;/h1,3,7,9H,2H2;;. The fraction of sp³-hybridized carbons (Fsp3) is 0.167. The molecule has 56 valence electrons. The Kier molecular flexibility index (Phi) is 4.44. The minimum atomic E-state index is -0.546.